The highest BCUT2D eigenvalue weighted by Gasteiger charge is 2.28. The van der Waals surface area contributed by atoms with E-state index in [1.165, 1.54) is 193 Å². The molecule has 0 radical (unpaired) electrons. The quantitative estimate of drug-likeness (QED) is 0.0243. The van der Waals surface area contributed by atoms with E-state index in [0.29, 0.717) is 17.4 Å². The molecule has 0 spiro atoms. The third-order valence-electron chi connectivity index (χ3n) is 14.4. The zero-order valence-electron chi connectivity index (χ0n) is 51.2. The average molecular weight is 1100 g/mol. The first-order valence-electron chi connectivity index (χ1n) is 32.5. The SMILES string of the molecule is CC/C=C\C/C=C\C/C=C\C/C=C\C/C=C\C/C=C\CCCCCCCCCCCCCCCCC(=O)NC(COP(=O)(O)OCC[N+](C)(C)C)C(O)/C=C/CCCCCCCCCCCCCCCCCCCCCC. The Kier molecular flexibility index (Phi) is 56.6. The summed E-state index contributed by atoms with van der Waals surface area (Å²) in [4.78, 5) is 23.4. The maximum Gasteiger partial charge on any atom is 0.472 e. The Bertz CT molecular complexity index is 1530. The first-order valence-corrected chi connectivity index (χ1v) is 34.0. The van der Waals surface area contributed by atoms with Gasteiger partial charge in [-0.1, -0.05) is 298 Å². The lowest BCUT2D eigenvalue weighted by atomic mass is 10.0. The van der Waals surface area contributed by atoms with Crippen LogP contribution >= 0.6 is 7.82 Å². The molecular weight excluding hydrogens is 972 g/mol. The summed E-state index contributed by atoms with van der Waals surface area (Å²) in [5.74, 6) is -0.177. The summed E-state index contributed by atoms with van der Waals surface area (Å²) in [6.45, 7) is 4.73. The van der Waals surface area contributed by atoms with Crippen molar-refractivity contribution in [1.82, 2.24) is 5.32 Å². The highest BCUT2D eigenvalue weighted by Crippen LogP contribution is 2.43. The molecule has 3 atom stereocenters. The number of phosphoric ester groups is 1. The second-order valence-corrected chi connectivity index (χ2v) is 24.6. The minimum Gasteiger partial charge on any atom is -0.387 e. The monoisotopic (exact) mass is 1100 g/mol. The summed E-state index contributed by atoms with van der Waals surface area (Å²) in [5.41, 5.74) is 0. The van der Waals surface area contributed by atoms with Gasteiger partial charge in [0.25, 0.3) is 0 Å². The van der Waals surface area contributed by atoms with Crippen molar-refractivity contribution in [3.63, 3.8) is 0 Å². The van der Waals surface area contributed by atoms with Gasteiger partial charge in [-0.25, -0.2) is 4.57 Å². The van der Waals surface area contributed by atoms with Gasteiger partial charge >= 0.3 is 7.82 Å². The minimum absolute atomic E-state index is 0.0595. The maximum atomic E-state index is 13.0. The summed E-state index contributed by atoms with van der Waals surface area (Å²) in [6.07, 6.45) is 82.7. The van der Waals surface area contributed by atoms with E-state index in [2.05, 4.69) is 92.1 Å². The lowest BCUT2D eigenvalue weighted by Crippen LogP contribution is -2.45. The maximum absolute atomic E-state index is 13.0. The topological polar surface area (TPSA) is 105 Å². The molecule has 0 saturated carbocycles. The molecule has 0 fully saturated rings. The summed E-state index contributed by atoms with van der Waals surface area (Å²) >= 11 is 0. The van der Waals surface area contributed by atoms with Gasteiger partial charge in [-0.05, 0) is 70.6 Å². The molecule has 3 N–H and O–H groups in total. The van der Waals surface area contributed by atoms with Gasteiger partial charge in [0.2, 0.25) is 5.91 Å². The van der Waals surface area contributed by atoms with Gasteiger partial charge in [-0.2, -0.15) is 0 Å². The molecule has 0 aromatic carbocycles. The fourth-order valence-corrected chi connectivity index (χ4v) is 10.1. The van der Waals surface area contributed by atoms with Crippen LogP contribution in [-0.4, -0.2) is 73.4 Å². The first-order chi connectivity index (χ1) is 37.5. The van der Waals surface area contributed by atoms with Crippen LogP contribution in [0.4, 0.5) is 0 Å². The predicted molar refractivity (Wildman–Crippen MR) is 336 cm³/mol. The molecule has 77 heavy (non-hydrogen) atoms. The number of likely N-dealkylation sites (N-methyl/N-ethyl adjacent to an activating group) is 1. The third kappa shape index (κ3) is 61.2. The van der Waals surface area contributed by atoms with Gasteiger partial charge in [0.1, 0.15) is 13.2 Å². The molecule has 3 unspecified atom stereocenters. The molecule has 0 aliphatic heterocycles. The van der Waals surface area contributed by atoms with Crippen LogP contribution in [0.3, 0.4) is 0 Å². The van der Waals surface area contributed by atoms with Crippen molar-refractivity contribution in [2.45, 2.75) is 302 Å². The number of nitrogens with zero attached hydrogens (tertiary/aromatic N) is 1. The van der Waals surface area contributed by atoms with Crippen LogP contribution in [0.25, 0.3) is 0 Å². The van der Waals surface area contributed by atoms with Crippen molar-refractivity contribution in [2.75, 3.05) is 40.9 Å². The van der Waals surface area contributed by atoms with Gasteiger partial charge in [-0.15, -0.1) is 0 Å². The molecule has 0 saturated heterocycles. The van der Waals surface area contributed by atoms with Crippen molar-refractivity contribution < 1.29 is 32.9 Å². The van der Waals surface area contributed by atoms with E-state index in [9.17, 15) is 19.4 Å². The van der Waals surface area contributed by atoms with Crippen LogP contribution in [0.5, 0.6) is 0 Å². The molecule has 9 heteroatoms. The molecule has 0 bridgehead atoms. The zero-order chi connectivity index (χ0) is 56.3. The lowest BCUT2D eigenvalue weighted by molar-refractivity contribution is -0.870. The second kappa shape index (κ2) is 58.3. The third-order valence-corrected chi connectivity index (χ3v) is 15.4. The van der Waals surface area contributed by atoms with Crippen molar-refractivity contribution in [3.8, 4) is 0 Å². The van der Waals surface area contributed by atoms with E-state index in [4.69, 9.17) is 9.05 Å². The molecule has 0 heterocycles. The Labute approximate surface area is 477 Å². The number of carbonyl (C=O) groups is 1. The van der Waals surface area contributed by atoms with Crippen LogP contribution in [0, 0.1) is 0 Å². The number of aliphatic hydroxyl groups excluding tert-OH is 1. The summed E-state index contributed by atoms with van der Waals surface area (Å²) < 4.78 is 23.8. The van der Waals surface area contributed by atoms with Crippen molar-refractivity contribution >= 4 is 13.7 Å². The fraction of sp³-hybridized carbons (Fsp3) is 0.779. The fourth-order valence-electron chi connectivity index (χ4n) is 9.34. The molecule has 8 nitrogen and oxygen atoms in total. The van der Waals surface area contributed by atoms with Gasteiger partial charge in [0, 0.05) is 6.42 Å². The zero-order valence-corrected chi connectivity index (χ0v) is 52.1. The predicted octanol–water partition coefficient (Wildman–Crippen LogP) is 20.4. The van der Waals surface area contributed by atoms with Crippen LogP contribution in [0.2, 0.25) is 0 Å². The Hall–Kier alpha value is -2.32. The van der Waals surface area contributed by atoms with Crippen LogP contribution < -0.4 is 5.32 Å². The van der Waals surface area contributed by atoms with Gasteiger partial charge in [-0.3, -0.25) is 13.8 Å². The highest BCUT2D eigenvalue weighted by atomic mass is 31.2. The number of hydrogen-bond donors (Lipinski definition) is 3. The number of allylic oxidation sites excluding steroid dienone is 13. The van der Waals surface area contributed by atoms with Gasteiger partial charge < -0.3 is 19.8 Å². The standard InChI is InChI=1S/C68H125N2O6P/c1-6-8-10-12-14-16-18-20-22-24-26-28-30-31-32-33-34-35-36-37-38-39-40-42-44-46-48-50-52-54-56-58-60-62-68(72)69-66(65-76-77(73,74)75-64-63-70(3,4)5)67(71)61-59-57-55-53-51-49-47-45-43-41-29-27-25-23-21-19-17-15-13-11-9-7-2/h8,10,14,16,20,22,26,28,31-32,34-35,59,61,66-67,71H,6-7,9,11-13,15,17-19,21,23-25,27,29-30,33,36-58,60,62-65H2,1-5H3,(H-,69,72,73,74)/p+1/b10-8-,16-14-,22-20-,28-26-,32-31-,35-34-,61-59+. The molecule has 0 aromatic heterocycles. The molecule has 1 amide bonds. The summed E-state index contributed by atoms with van der Waals surface area (Å²) in [5, 5.41) is 14.0. The van der Waals surface area contributed by atoms with Crippen LogP contribution in [-0.2, 0) is 18.4 Å². The highest BCUT2D eigenvalue weighted by molar-refractivity contribution is 7.47. The van der Waals surface area contributed by atoms with E-state index in [-0.39, 0.29) is 19.1 Å². The minimum atomic E-state index is -4.35. The van der Waals surface area contributed by atoms with Crippen molar-refractivity contribution in [3.05, 3.63) is 85.1 Å². The Morgan fingerprint density at radius 2 is 0.779 bits per heavy atom. The van der Waals surface area contributed by atoms with E-state index < -0.39 is 20.0 Å². The van der Waals surface area contributed by atoms with Crippen LogP contribution in [0.1, 0.15) is 290 Å². The number of phosphoric acid groups is 1. The van der Waals surface area contributed by atoms with Crippen molar-refractivity contribution in [1.29, 1.82) is 0 Å². The van der Waals surface area contributed by atoms with Crippen LogP contribution in [0.15, 0.2) is 85.1 Å². The average Bonchev–Trinajstić information content (AvgIpc) is 3.39. The second-order valence-electron chi connectivity index (χ2n) is 23.1. The van der Waals surface area contributed by atoms with E-state index in [1.807, 2.05) is 27.2 Å². The number of hydrogen-bond acceptors (Lipinski definition) is 5. The first kappa shape index (κ1) is 74.7. The van der Waals surface area contributed by atoms with Gasteiger partial charge in [0.15, 0.2) is 0 Å². The molecule has 0 aromatic rings. The molecule has 0 aliphatic carbocycles. The number of unbranched alkanes of at least 4 members (excludes halogenated alkanes) is 34. The van der Waals surface area contributed by atoms with E-state index in [0.717, 1.165) is 77.0 Å². The van der Waals surface area contributed by atoms with E-state index in [1.54, 1.807) is 6.08 Å². The number of quaternary nitrogens is 1. The number of nitrogens with one attached hydrogen (secondary N) is 1. The molecule has 448 valence electrons. The Morgan fingerprint density at radius 1 is 0.455 bits per heavy atom. The Morgan fingerprint density at radius 3 is 1.14 bits per heavy atom. The van der Waals surface area contributed by atoms with Crippen molar-refractivity contribution in [2.24, 2.45) is 0 Å². The molecule has 0 rings (SSSR count). The summed E-state index contributed by atoms with van der Waals surface area (Å²) in [7, 11) is 1.57. The normalized spacial score (nSPS) is 14.3. The lowest BCUT2D eigenvalue weighted by Gasteiger charge is -2.25. The smallest absolute Gasteiger partial charge is 0.387 e. The largest absolute Gasteiger partial charge is 0.472 e. The Balaban J connectivity index is 4.12. The number of carbonyl (C=O) groups excluding carboxylic acids is 1. The number of amides is 1. The van der Waals surface area contributed by atoms with E-state index >= 15 is 0 Å². The molecule has 0 aliphatic rings. The number of rotatable bonds is 59. The molecular formula is C68H126N2O6P+. The number of aliphatic hydroxyl groups is 1. The van der Waals surface area contributed by atoms with Gasteiger partial charge in [0.05, 0.1) is 39.9 Å². The summed E-state index contributed by atoms with van der Waals surface area (Å²) in [6, 6.07) is -0.852.